The molecule has 4 nitrogen and oxygen atoms in total. The monoisotopic (exact) mass is 228 g/mol. The molecule has 1 heterocycles. The van der Waals surface area contributed by atoms with Gasteiger partial charge in [-0.1, -0.05) is 13.0 Å². The second kappa shape index (κ2) is 7.41. The van der Waals surface area contributed by atoms with Gasteiger partial charge in [-0.2, -0.15) is 0 Å². The Morgan fingerprint density at radius 2 is 2.38 bits per heavy atom. The van der Waals surface area contributed by atoms with Gasteiger partial charge in [-0.3, -0.25) is 0 Å². The number of rotatable bonds is 5. The third-order valence-electron chi connectivity index (χ3n) is 2.42. The summed E-state index contributed by atoms with van der Waals surface area (Å²) in [5.41, 5.74) is 0. The summed E-state index contributed by atoms with van der Waals surface area (Å²) in [4.78, 5) is 11.4. The number of esters is 1. The number of methoxy groups -OCH3 is 1. The van der Waals surface area contributed by atoms with Crippen LogP contribution in [-0.4, -0.2) is 32.1 Å². The van der Waals surface area contributed by atoms with E-state index in [4.69, 9.17) is 9.47 Å². The van der Waals surface area contributed by atoms with Crippen molar-refractivity contribution in [1.82, 2.24) is 0 Å². The zero-order chi connectivity index (χ0) is 11.8. The molecule has 16 heavy (non-hydrogen) atoms. The zero-order valence-electron chi connectivity index (χ0n) is 9.98. The second-order valence-corrected chi connectivity index (χ2v) is 3.71. The van der Waals surface area contributed by atoms with Crippen LogP contribution < -0.4 is 0 Å². The van der Waals surface area contributed by atoms with E-state index in [2.05, 4.69) is 4.74 Å². The Kier molecular flexibility index (Phi) is 6.11. The smallest absolute Gasteiger partial charge is 0.339 e. The maximum absolute atomic E-state index is 11.4. The lowest BCUT2D eigenvalue weighted by Gasteiger charge is -2.25. The minimum absolute atomic E-state index is 0.278. The standard InChI is InChI=1S/C12H20O4/c1-3-4-7-10(12(13)14-2)16-11-8-5-6-9-15-11/h4,7,10-11H,3,5-6,8-9H2,1-2H3. The third kappa shape index (κ3) is 4.33. The summed E-state index contributed by atoms with van der Waals surface area (Å²) in [7, 11) is 1.36. The Morgan fingerprint density at radius 1 is 1.56 bits per heavy atom. The van der Waals surface area contributed by atoms with Crippen molar-refractivity contribution in [3.05, 3.63) is 12.2 Å². The largest absolute Gasteiger partial charge is 0.467 e. The van der Waals surface area contributed by atoms with Gasteiger partial charge in [0, 0.05) is 6.61 Å². The fourth-order valence-corrected chi connectivity index (χ4v) is 1.54. The van der Waals surface area contributed by atoms with Crippen molar-refractivity contribution >= 4 is 5.97 Å². The SMILES string of the molecule is CCC=CC(OC1CCCCO1)C(=O)OC. The summed E-state index contributed by atoms with van der Waals surface area (Å²) in [6, 6.07) is 0. The van der Waals surface area contributed by atoms with Gasteiger partial charge in [-0.15, -0.1) is 0 Å². The number of allylic oxidation sites excluding steroid dienone is 1. The molecule has 2 unspecified atom stereocenters. The topological polar surface area (TPSA) is 44.8 Å². The highest BCUT2D eigenvalue weighted by Crippen LogP contribution is 2.16. The summed E-state index contributed by atoms with van der Waals surface area (Å²) >= 11 is 0. The van der Waals surface area contributed by atoms with Gasteiger partial charge < -0.3 is 14.2 Å². The third-order valence-corrected chi connectivity index (χ3v) is 2.42. The number of carbonyl (C=O) groups is 1. The van der Waals surface area contributed by atoms with Crippen LogP contribution in [0.1, 0.15) is 32.6 Å². The van der Waals surface area contributed by atoms with Crippen molar-refractivity contribution in [2.24, 2.45) is 0 Å². The molecular weight excluding hydrogens is 208 g/mol. The first-order chi connectivity index (χ1) is 7.77. The normalized spacial score (nSPS) is 23.2. The van der Waals surface area contributed by atoms with Crippen LogP contribution in [0.5, 0.6) is 0 Å². The Hall–Kier alpha value is -0.870. The molecule has 1 rings (SSSR count). The van der Waals surface area contributed by atoms with E-state index in [0.29, 0.717) is 6.61 Å². The van der Waals surface area contributed by atoms with Gasteiger partial charge in [0.15, 0.2) is 12.4 Å². The first kappa shape index (κ1) is 13.2. The number of hydrogen-bond acceptors (Lipinski definition) is 4. The van der Waals surface area contributed by atoms with Crippen molar-refractivity contribution in [3.63, 3.8) is 0 Å². The van der Waals surface area contributed by atoms with Gasteiger partial charge >= 0.3 is 5.97 Å². The van der Waals surface area contributed by atoms with Crippen molar-refractivity contribution in [2.75, 3.05) is 13.7 Å². The zero-order valence-corrected chi connectivity index (χ0v) is 9.98. The Bertz CT molecular complexity index is 231. The first-order valence-corrected chi connectivity index (χ1v) is 5.79. The van der Waals surface area contributed by atoms with Crippen LogP contribution in [0.4, 0.5) is 0 Å². The van der Waals surface area contributed by atoms with Crippen molar-refractivity contribution in [3.8, 4) is 0 Å². The minimum Gasteiger partial charge on any atom is -0.467 e. The number of carbonyl (C=O) groups excluding carboxylic acids is 1. The van der Waals surface area contributed by atoms with E-state index >= 15 is 0 Å². The predicted molar refractivity (Wildman–Crippen MR) is 59.9 cm³/mol. The summed E-state index contributed by atoms with van der Waals surface area (Å²) in [5, 5.41) is 0. The lowest BCUT2D eigenvalue weighted by molar-refractivity contribution is -0.194. The van der Waals surface area contributed by atoms with Gasteiger partial charge in [0.2, 0.25) is 0 Å². The summed E-state index contributed by atoms with van der Waals surface area (Å²) < 4.78 is 15.7. The van der Waals surface area contributed by atoms with Crippen molar-refractivity contribution in [1.29, 1.82) is 0 Å². The van der Waals surface area contributed by atoms with E-state index in [1.54, 1.807) is 6.08 Å². The molecule has 0 aromatic carbocycles. The molecule has 1 fully saturated rings. The fourth-order valence-electron chi connectivity index (χ4n) is 1.54. The first-order valence-electron chi connectivity index (χ1n) is 5.79. The van der Waals surface area contributed by atoms with E-state index in [0.717, 1.165) is 25.7 Å². The average Bonchev–Trinajstić information content (AvgIpc) is 2.34. The molecule has 92 valence electrons. The molecule has 0 spiro atoms. The van der Waals surface area contributed by atoms with Gasteiger partial charge in [-0.05, 0) is 31.8 Å². The molecule has 1 aliphatic rings. The summed E-state index contributed by atoms with van der Waals surface area (Å²) in [5.74, 6) is -0.376. The molecule has 0 aromatic rings. The van der Waals surface area contributed by atoms with Gasteiger partial charge in [0.25, 0.3) is 0 Å². The van der Waals surface area contributed by atoms with Crippen LogP contribution in [0.15, 0.2) is 12.2 Å². The van der Waals surface area contributed by atoms with E-state index in [9.17, 15) is 4.79 Å². The van der Waals surface area contributed by atoms with Crippen molar-refractivity contribution in [2.45, 2.75) is 45.0 Å². The molecule has 0 aromatic heterocycles. The van der Waals surface area contributed by atoms with Gasteiger partial charge in [-0.25, -0.2) is 4.79 Å². The molecule has 1 saturated heterocycles. The molecule has 0 saturated carbocycles. The Labute approximate surface area is 96.6 Å². The molecule has 2 atom stereocenters. The summed E-state index contributed by atoms with van der Waals surface area (Å²) in [6.45, 7) is 2.71. The van der Waals surface area contributed by atoms with E-state index in [1.807, 2.05) is 13.0 Å². The lowest BCUT2D eigenvalue weighted by Crippen LogP contribution is -2.32. The highest BCUT2D eigenvalue weighted by Gasteiger charge is 2.23. The molecule has 0 amide bonds. The molecule has 1 aliphatic heterocycles. The van der Waals surface area contributed by atoms with Crippen LogP contribution in [0.25, 0.3) is 0 Å². The minimum atomic E-state index is -0.645. The molecular formula is C12H20O4. The van der Waals surface area contributed by atoms with E-state index < -0.39 is 6.10 Å². The van der Waals surface area contributed by atoms with E-state index in [-0.39, 0.29) is 12.3 Å². The highest BCUT2D eigenvalue weighted by molar-refractivity contribution is 5.76. The second-order valence-electron chi connectivity index (χ2n) is 3.71. The van der Waals surface area contributed by atoms with Gasteiger partial charge in [0.1, 0.15) is 0 Å². The highest BCUT2D eigenvalue weighted by atomic mass is 16.7. The maximum Gasteiger partial charge on any atom is 0.339 e. The molecule has 0 N–H and O–H groups in total. The molecule has 0 radical (unpaired) electrons. The predicted octanol–water partition coefficient (Wildman–Crippen LogP) is 2.04. The quantitative estimate of drug-likeness (QED) is 0.533. The number of hydrogen-bond donors (Lipinski definition) is 0. The summed E-state index contributed by atoms with van der Waals surface area (Å²) in [6.07, 6.45) is 6.54. The van der Waals surface area contributed by atoms with Crippen LogP contribution in [0.2, 0.25) is 0 Å². The van der Waals surface area contributed by atoms with Gasteiger partial charge in [0.05, 0.1) is 7.11 Å². The molecule has 0 bridgehead atoms. The molecule has 0 aliphatic carbocycles. The van der Waals surface area contributed by atoms with Crippen LogP contribution in [-0.2, 0) is 19.0 Å². The van der Waals surface area contributed by atoms with Crippen LogP contribution in [0.3, 0.4) is 0 Å². The fraction of sp³-hybridized carbons (Fsp3) is 0.750. The van der Waals surface area contributed by atoms with Crippen molar-refractivity contribution < 1.29 is 19.0 Å². The maximum atomic E-state index is 11.4. The van der Waals surface area contributed by atoms with Crippen LogP contribution in [0, 0.1) is 0 Å². The van der Waals surface area contributed by atoms with E-state index in [1.165, 1.54) is 7.11 Å². The number of ether oxygens (including phenoxy) is 3. The average molecular weight is 228 g/mol. The molecule has 4 heteroatoms. The Balaban J connectivity index is 2.47. The Morgan fingerprint density at radius 3 is 2.94 bits per heavy atom. The van der Waals surface area contributed by atoms with Crippen LogP contribution >= 0.6 is 0 Å². The lowest BCUT2D eigenvalue weighted by atomic mass is 10.2.